The van der Waals surface area contributed by atoms with Gasteiger partial charge in [-0.2, -0.15) is 8.42 Å². The quantitative estimate of drug-likeness (QED) is 0.381. The number of aryl methyl sites for hydroxylation is 1. The van der Waals surface area contributed by atoms with Crippen LogP contribution in [0.5, 0.6) is 0 Å². The zero-order chi connectivity index (χ0) is 24.3. The summed E-state index contributed by atoms with van der Waals surface area (Å²) in [5.74, 6) is -0.242. The average Bonchev–Trinajstić information content (AvgIpc) is 2.82. The van der Waals surface area contributed by atoms with E-state index in [-0.39, 0.29) is 16.3 Å². The number of rotatable bonds is 8. The van der Waals surface area contributed by atoms with E-state index >= 15 is 0 Å². The summed E-state index contributed by atoms with van der Waals surface area (Å²) in [7, 11) is -2.64. The second-order valence-corrected chi connectivity index (χ2v) is 11.1. The summed E-state index contributed by atoms with van der Waals surface area (Å²) in [5, 5.41) is 4.01. The highest BCUT2D eigenvalue weighted by atomic mass is 32.2. The third-order valence-corrected chi connectivity index (χ3v) is 7.77. The van der Waals surface area contributed by atoms with Gasteiger partial charge in [-0.3, -0.25) is 9.08 Å². The number of esters is 1. The molecule has 0 N–H and O–H groups in total. The van der Waals surface area contributed by atoms with Crippen molar-refractivity contribution in [3.8, 4) is 0 Å². The fourth-order valence-electron chi connectivity index (χ4n) is 4.57. The number of hydrogen-bond donors (Lipinski definition) is 0. The van der Waals surface area contributed by atoms with Gasteiger partial charge in [-0.15, -0.1) is 0 Å². The van der Waals surface area contributed by atoms with Gasteiger partial charge in [-0.05, 0) is 67.7 Å². The van der Waals surface area contributed by atoms with Crippen LogP contribution in [0.25, 0.3) is 0 Å². The summed E-state index contributed by atoms with van der Waals surface area (Å²) in [5.41, 5.74) is 2.69. The molecule has 0 fully saturated rings. The van der Waals surface area contributed by atoms with Crippen molar-refractivity contribution in [3.63, 3.8) is 0 Å². The number of fused-ring (bicyclic) bond motifs is 1. The van der Waals surface area contributed by atoms with Crippen molar-refractivity contribution in [2.75, 3.05) is 7.11 Å². The lowest BCUT2D eigenvalue weighted by Crippen LogP contribution is -2.35. The molecule has 0 saturated carbocycles. The zero-order valence-electron chi connectivity index (χ0n) is 20.1. The lowest BCUT2D eigenvalue weighted by molar-refractivity contribution is -0.153. The molecule has 1 atom stereocenters. The van der Waals surface area contributed by atoms with Crippen LogP contribution in [0.3, 0.4) is 0 Å². The van der Waals surface area contributed by atoms with Gasteiger partial charge in [-0.25, -0.2) is 0 Å². The Kier molecular flexibility index (Phi) is 7.32. The lowest BCUT2D eigenvalue weighted by Gasteiger charge is -2.35. The number of methoxy groups -OCH3 is 1. The Labute approximate surface area is 197 Å². The minimum Gasteiger partial charge on any atom is -0.469 e. The third-order valence-electron chi connectivity index (χ3n) is 6.65. The summed E-state index contributed by atoms with van der Waals surface area (Å²) in [6, 6.07) is 14.5. The number of carbonyl (C=O) groups is 1. The van der Waals surface area contributed by atoms with Crippen LogP contribution in [0, 0.1) is 5.41 Å². The van der Waals surface area contributed by atoms with E-state index in [0.29, 0.717) is 25.0 Å². The highest BCUT2D eigenvalue weighted by Crippen LogP contribution is 2.40. The van der Waals surface area contributed by atoms with Gasteiger partial charge < -0.3 is 4.74 Å². The van der Waals surface area contributed by atoms with Crippen LogP contribution in [0.2, 0.25) is 0 Å². The molecular weight excluding hydrogens is 438 g/mol. The van der Waals surface area contributed by atoms with E-state index in [2.05, 4.69) is 5.16 Å². The predicted octanol–water partition coefficient (Wildman–Crippen LogP) is 5.39. The highest BCUT2D eigenvalue weighted by molar-refractivity contribution is 7.86. The Balaban J connectivity index is 1.78. The first-order valence-electron chi connectivity index (χ1n) is 11.3. The largest absolute Gasteiger partial charge is 0.469 e. The van der Waals surface area contributed by atoms with Gasteiger partial charge in [0.15, 0.2) is 0 Å². The Morgan fingerprint density at radius 2 is 1.70 bits per heavy atom. The van der Waals surface area contributed by atoms with Crippen LogP contribution < -0.4 is 0 Å². The molecule has 0 bridgehead atoms. The molecule has 2 aromatic rings. The van der Waals surface area contributed by atoms with Gasteiger partial charge in [0.2, 0.25) is 0 Å². The van der Waals surface area contributed by atoms with Crippen LogP contribution in [-0.4, -0.2) is 27.2 Å². The SMILES string of the molecule is CCC(C)(CC(C)(C)c1ccc(S(=O)(=O)O/N=C2\CCCc3ccccc32)cc1)C(=O)OC. The minimum absolute atomic E-state index is 0.0433. The van der Waals surface area contributed by atoms with E-state index in [1.165, 1.54) is 19.2 Å². The fourth-order valence-corrected chi connectivity index (χ4v) is 5.31. The second kappa shape index (κ2) is 9.67. The number of nitrogens with zero attached hydrogens (tertiary/aromatic N) is 1. The molecule has 33 heavy (non-hydrogen) atoms. The van der Waals surface area contributed by atoms with E-state index in [4.69, 9.17) is 9.02 Å². The monoisotopic (exact) mass is 471 g/mol. The van der Waals surface area contributed by atoms with E-state index < -0.39 is 15.5 Å². The Hall–Kier alpha value is -2.67. The molecule has 7 heteroatoms. The summed E-state index contributed by atoms with van der Waals surface area (Å²) in [6.45, 7) is 7.94. The molecule has 2 aromatic carbocycles. The van der Waals surface area contributed by atoms with Crippen LogP contribution in [0.1, 0.15) is 70.1 Å². The second-order valence-electron chi connectivity index (χ2n) is 9.57. The first-order chi connectivity index (χ1) is 15.5. The normalized spacial score (nSPS) is 17.2. The lowest BCUT2D eigenvalue weighted by atomic mass is 9.69. The average molecular weight is 472 g/mol. The molecule has 0 amide bonds. The van der Waals surface area contributed by atoms with Crippen molar-refractivity contribution in [2.45, 2.75) is 70.1 Å². The Morgan fingerprint density at radius 1 is 1.03 bits per heavy atom. The molecule has 3 rings (SSSR count). The predicted molar refractivity (Wildman–Crippen MR) is 129 cm³/mol. The van der Waals surface area contributed by atoms with Gasteiger partial charge in [0.05, 0.1) is 18.2 Å². The molecule has 0 radical (unpaired) electrons. The number of carbonyl (C=O) groups excluding carboxylic acids is 1. The van der Waals surface area contributed by atoms with Gasteiger partial charge in [0.25, 0.3) is 0 Å². The number of ether oxygens (including phenoxy) is 1. The van der Waals surface area contributed by atoms with E-state index in [1.807, 2.05) is 52.0 Å². The Morgan fingerprint density at radius 3 is 2.33 bits per heavy atom. The number of benzene rings is 2. The first-order valence-corrected chi connectivity index (χ1v) is 12.7. The van der Waals surface area contributed by atoms with Crippen LogP contribution in [0.15, 0.2) is 58.6 Å². The van der Waals surface area contributed by atoms with E-state index in [0.717, 1.165) is 29.5 Å². The topological polar surface area (TPSA) is 82.0 Å². The maximum atomic E-state index is 12.8. The summed E-state index contributed by atoms with van der Waals surface area (Å²) in [4.78, 5) is 12.4. The Bertz CT molecular complexity index is 1140. The van der Waals surface area contributed by atoms with Gasteiger partial charge in [-0.1, -0.05) is 62.3 Å². The minimum atomic E-state index is -4.04. The molecule has 0 aliphatic heterocycles. The van der Waals surface area contributed by atoms with Crippen LogP contribution >= 0.6 is 0 Å². The molecule has 0 saturated heterocycles. The maximum absolute atomic E-state index is 12.8. The molecule has 0 aromatic heterocycles. The highest BCUT2D eigenvalue weighted by Gasteiger charge is 2.39. The molecule has 0 heterocycles. The molecule has 1 aliphatic rings. The van der Waals surface area contributed by atoms with Gasteiger partial charge in [0, 0.05) is 5.56 Å². The smallest absolute Gasteiger partial charge is 0.358 e. The van der Waals surface area contributed by atoms with Crippen LogP contribution in [-0.2, 0) is 35.8 Å². The zero-order valence-corrected chi connectivity index (χ0v) is 20.9. The van der Waals surface area contributed by atoms with Crippen molar-refractivity contribution in [1.29, 1.82) is 0 Å². The summed E-state index contributed by atoms with van der Waals surface area (Å²) < 4.78 is 35.6. The summed E-state index contributed by atoms with van der Waals surface area (Å²) >= 11 is 0. The van der Waals surface area contributed by atoms with Gasteiger partial charge in [0.1, 0.15) is 4.90 Å². The standard InChI is InChI=1S/C26H33NO5S/c1-6-26(4,24(28)31-5)18-25(2,3)20-14-16-21(17-15-20)33(29,30)32-27-23-13-9-11-19-10-7-8-12-22(19)23/h7-8,10,12,14-17H,6,9,11,13,18H2,1-5H3/b27-23+. The fraction of sp³-hybridized carbons (Fsp3) is 0.462. The third kappa shape index (κ3) is 5.46. The van der Waals surface area contributed by atoms with Crippen molar-refractivity contribution in [2.24, 2.45) is 10.6 Å². The van der Waals surface area contributed by atoms with Crippen molar-refractivity contribution in [1.82, 2.24) is 0 Å². The first kappa shape index (κ1) is 25.0. The molecular formula is C26H33NO5S. The van der Waals surface area contributed by atoms with Crippen molar-refractivity contribution in [3.05, 3.63) is 65.2 Å². The molecule has 6 nitrogen and oxygen atoms in total. The molecule has 1 aliphatic carbocycles. The van der Waals surface area contributed by atoms with E-state index in [9.17, 15) is 13.2 Å². The number of hydrogen-bond acceptors (Lipinski definition) is 6. The summed E-state index contributed by atoms with van der Waals surface area (Å²) in [6.07, 6.45) is 3.75. The maximum Gasteiger partial charge on any atom is 0.358 e. The van der Waals surface area contributed by atoms with Crippen molar-refractivity contribution >= 4 is 21.8 Å². The number of oxime groups is 1. The molecule has 0 spiro atoms. The molecule has 178 valence electrons. The van der Waals surface area contributed by atoms with Crippen LogP contribution in [0.4, 0.5) is 0 Å². The molecule has 1 unspecified atom stereocenters. The van der Waals surface area contributed by atoms with Crippen molar-refractivity contribution < 1.29 is 22.2 Å². The van der Waals surface area contributed by atoms with E-state index in [1.54, 1.807) is 12.1 Å². The van der Waals surface area contributed by atoms with Gasteiger partial charge >= 0.3 is 16.1 Å².